The van der Waals surface area contributed by atoms with Crippen LogP contribution in [0.1, 0.15) is 29.3 Å². The van der Waals surface area contributed by atoms with E-state index in [1.165, 1.54) is 7.11 Å². The lowest BCUT2D eigenvalue weighted by Gasteiger charge is -2.08. The maximum Gasteiger partial charge on any atom is 0.339 e. The van der Waals surface area contributed by atoms with Gasteiger partial charge in [0.15, 0.2) is 0 Å². The molecule has 0 bridgehead atoms. The summed E-state index contributed by atoms with van der Waals surface area (Å²) in [6.07, 6.45) is 0.794. The van der Waals surface area contributed by atoms with E-state index in [9.17, 15) is 9.59 Å². The molecule has 0 atom stereocenters. The molecule has 0 amide bonds. The minimum Gasteiger partial charge on any atom is -0.469 e. The van der Waals surface area contributed by atoms with Crippen molar-refractivity contribution in [3.63, 3.8) is 0 Å². The fourth-order valence-corrected chi connectivity index (χ4v) is 2.10. The number of ether oxygens (including phenoxy) is 2. The van der Waals surface area contributed by atoms with Gasteiger partial charge in [-0.3, -0.25) is 4.79 Å². The minimum atomic E-state index is -0.371. The summed E-state index contributed by atoms with van der Waals surface area (Å²) in [6.45, 7) is 2.09. The summed E-state index contributed by atoms with van der Waals surface area (Å²) < 4.78 is 10.2. The molecular formula is C13H15BrO4. The van der Waals surface area contributed by atoms with Crippen molar-refractivity contribution in [3.8, 4) is 0 Å². The number of hydrogen-bond donors (Lipinski definition) is 0. The molecule has 0 aliphatic rings. The molecule has 0 aliphatic heterocycles. The third-order valence-corrected chi connectivity index (χ3v) is 3.34. The Morgan fingerprint density at radius 1 is 1.33 bits per heavy atom. The van der Waals surface area contributed by atoms with Gasteiger partial charge in [-0.25, -0.2) is 4.79 Å². The first-order valence-electron chi connectivity index (χ1n) is 5.61. The molecule has 0 fully saturated rings. The van der Waals surface area contributed by atoms with E-state index in [1.54, 1.807) is 19.1 Å². The van der Waals surface area contributed by atoms with Crippen LogP contribution in [0.2, 0.25) is 0 Å². The average molecular weight is 315 g/mol. The standard InChI is InChI=1S/C13H15BrO4/c1-3-18-13(16)10-6-4-5-9(12(10)14)7-8-11(15)17-2/h4-6H,3,7-8H2,1-2H3. The lowest BCUT2D eigenvalue weighted by atomic mass is 10.1. The Hall–Kier alpha value is -1.36. The van der Waals surface area contributed by atoms with Gasteiger partial charge in [-0.1, -0.05) is 12.1 Å². The van der Waals surface area contributed by atoms with Gasteiger partial charge < -0.3 is 9.47 Å². The number of halogens is 1. The first kappa shape index (κ1) is 14.7. The number of carbonyl (C=O) groups excluding carboxylic acids is 2. The third-order valence-electron chi connectivity index (χ3n) is 2.40. The molecule has 0 saturated heterocycles. The number of carbonyl (C=O) groups is 2. The Labute approximate surface area is 114 Å². The summed E-state index contributed by atoms with van der Waals surface area (Å²) in [7, 11) is 1.35. The third kappa shape index (κ3) is 3.84. The van der Waals surface area contributed by atoms with E-state index in [2.05, 4.69) is 20.7 Å². The highest BCUT2D eigenvalue weighted by atomic mass is 79.9. The smallest absolute Gasteiger partial charge is 0.339 e. The van der Waals surface area contributed by atoms with Crippen molar-refractivity contribution in [2.24, 2.45) is 0 Å². The molecule has 18 heavy (non-hydrogen) atoms. The summed E-state index contributed by atoms with van der Waals surface area (Å²) in [5, 5.41) is 0. The second kappa shape index (κ2) is 7.16. The lowest BCUT2D eigenvalue weighted by molar-refractivity contribution is -0.140. The van der Waals surface area contributed by atoms with Crippen LogP contribution in [0.15, 0.2) is 22.7 Å². The van der Waals surface area contributed by atoms with Crippen molar-refractivity contribution in [2.45, 2.75) is 19.8 Å². The van der Waals surface area contributed by atoms with Gasteiger partial charge in [0.2, 0.25) is 0 Å². The second-order valence-corrected chi connectivity index (χ2v) is 4.37. The summed E-state index contributed by atoms with van der Waals surface area (Å²) in [5.41, 5.74) is 1.35. The summed E-state index contributed by atoms with van der Waals surface area (Å²) in [5.74, 6) is -0.646. The highest BCUT2D eigenvalue weighted by molar-refractivity contribution is 9.10. The van der Waals surface area contributed by atoms with Gasteiger partial charge in [0, 0.05) is 10.9 Å². The topological polar surface area (TPSA) is 52.6 Å². The molecule has 0 spiro atoms. The quantitative estimate of drug-likeness (QED) is 0.784. The summed E-state index contributed by atoms with van der Waals surface area (Å²) >= 11 is 3.37. The van der Waals surface area contributed by atoms with Crippen molar-refractivity contribution < 1.29 is 19.1 Å². The molecule has 0 aromatic heterocycles. The second-order valence-electron chi connectivity index (χ2n) is 3.58. The fourth-order valence-electron chi connectivity index (χ4n) is 1.48. The highest BCUT2D eigenvalue weighted by Crippen LogP contribution is 2.24. The van der Waals surface area contributed by atoms with Gasteiger partial charge >= 0.3 is 11.9 Å². The van der Waals surface area contributed by atoms with Crippen LogP contribution in [0.5, 0.6) is 0 Å². The van der Waals surface area contributed by atoms with Crippen LogP contribution >= 0.6 is 15.9 Å². The van der Waals surface area contributed by atoms with E-state index < -0.39 is 0 Å². The van der Waals surface area contributed by atoms with Crippen LogP contribution in [0.4, 0.5) is 0 Å². The molecular weight excluding hydrogens is 300 g/mol. The number of benzene rings is 1. The minimum absolute atomic E-state index is 0.275. The zero-order valence-electron chi connectivity index (χ0n) is 10.4. The average Bonchev–Trinajstić information content (AvgIpc) is 2.37. The first-order valence-corrected chi connectivity index (χ1v) is 6.40. The number of aryl methyl sites for hydroxylation is 1. The Morgan fingerprint density at radius 2 is 2.06 bits per heavy atom. The van der Waals surface area contributed by atoms with E-state index in [0.717, 1.165) is 5.56 Å². The zero-order valence-corrected chi connectivity index (χ0v) is 12.0. The normalized spacial score (nSPS) is 9.94. The van der Waals surface area contributed by atoms with Gasteiger partial charge in [0.05, 0.1) is 19.3 Å². The molecule has 1 aromatic rings. The van der Waals surface area contributed by atoms with Crippen molar-refractivity contribution >= 4 is 27.9 Å². The molecule has 4 nitrogen and oxygen atoms in total. The number of rotatable bonds is 5. The highest BCUT2D eigenvalue weighted by Gasteiger charge is 2.14. The summed E-state index contributed by atoms with van der Waals surface area (Å²) in [4.78, 5) is 22.8. The van der Waals surface area contributed by atoms with Crippen LogP contribution < -0.4 is 0 Å². The Kier molecular flexibility index (Phi) is 5.85. The van der Waals surface area contributed by atoms with Crippen molar-refractivity contribution in [1.29, 1.82) is 0 Å². The van der Waals surface area contributed by atoms with Crippen molar-refractivity contribution in [1.82, 2.24) is 0 Å². The van der Waals surface area contributed by atoms with E-state index in [0.29, 0.717) is 23.1 Å². The number of hydrogen-bond acceptors (Lipinski definition) is 4. The number of esters is 2. The molecule has 0 unspecified atom stereocenters. The van der Waals surface area contributed by atoms with Crippen LogP contribution in [-0.2, 0) is 20.7 Å². The van der Waals surface area contributed by atoms with Crippen LogP contribution in [0, 0.1) is 0 Å². The molecule has 0 aliphatic carbocycles. The monoisotopic (exact) mass is 314 g/mol. The van der Waals surface area contributed by atoms with Crippen LogP contribution in [0.3, 0.4) is 0 Å². The first-order chi connectivity index (χ1) is 8.60. The maximum atomic E-state index is 11.7. The summed E-state index contributed by atoms with van der Waals surface area (Å²) in [6, 6.07) is 5.31. The maximum absolute atomic E-state index is 11.7. The van der Waals surface area contributed by atoms with Gasteiger partial charge in [0.25, 0.3) is 0 Å². The van der Waals surface area contributed by atoms with Gasteiger partial charge in [-0.2, -0.15) is 0 Å². The predicted octanol–water partition coefficient (Wildman–Crippen LogP) is 2.73. The molecule has 1 aromatic carbocycles. The van der Waals surface area contributed by atoms with E-state index in [-0.39, 0.29) is 18.4 Å². The van der Waals surface area contributed by atoms with Gasteiger partial charge in [-0.15, -0.1) is 0 Å². The predicted molar refractivity (Wildman–Crippen MR) is 70.4 cm³/mol. The molecule has 0 saturated carbocycles. The lowest BCUT2D eigenvalue weighted by Crippen LogP contribution is -2.08. The van der Waals surface area contributed by atoms with Crippen LogP contribution in [0.25, 0.3) is 0 Å². The SMILES string of the molecule is CCOC(=O)c1cccc(CCC(=O)OC)c1Br. The Balaban J connectivity index is 2.84. The number of methoxy groups -OCH3 is 1. The zero-order chi connectivity index (χ0) is 13.5. The van der Waals surface area contributed by atoms with E-state index >= 15 is 0 Å². The Bertz CT molecular complexity index is 443. The van der Waals surface area contributed by atoms with E-state index in [1.807, 2.05) is 6.07 Å². The molecule has 5 heteroatoms. The van der Waals surface area contributed by atoms with Crippen molar-refractivity contribution in [3.05, 3.63) is 33.8 Å². The fraction of sp³-hybridized carbons (Fsp3) is 0.385. The molecule has 0 radical (unpaired) electrons. The van der Waals surface area contributed by atoms with E-state index in [4.69, 9.17) is 4.74 Å². The van der Waals surface area contributed by atoms with Gasteiger partial charge in [0.1, 0.15) is 0 Å². The molecule has 0 N–H and O–H groups in total. The molecule has 98 valence electrons. The molecule has 0 heterocycles. The Morgan fingerprint density at radius 3 is 2.67 bits per heavy atom. The van der Waals surface area contributed by atoms with Crippen molar-refractivity contribution in [2.75, 3.05) is 13.7 Å². The largest absolute Gasteiger partial charge is 0.469 e. The van der Waals surface area contributed by atoms with Gasteiger partial charge in [-0.05, 0) is 40.9 Å². The van der Waals surface area contributed by atoms with Crippen LogP contribution in [-0.4, -0.2) is 25.7 Å². The molecule has 1 rings (SSSR count).